The minimum atomic E-state index is -1.49. The molecule has 0 amide bonds. The van der Waals surface area contributed by atoms with Crippen LogP contribution in [-0.4, -0.2) is 28.2 Å². The number of hydrogen-bond acceptors (Lipinski definition) is 2. The van der Waals surface area contributed by atoms with Gasteiger partial charge in [-0.2, -0.15) is 0 Å². The summed E-state index contributed by atoms with van der Waals surface area (Å²) in [5, 5.41) is 10.4. The first kappa shape index (κ1) is 19.1. The van der Waals surface area contributed by atoms with Crippen molar-refractivity contribution in [3.63, 3.8) is 0 Å². The SMILES string of the molecule is CCCCC[C@@H](O)/C(=C\[Si](C)(C)C)[S@@](=O)C(C)(C)C. The first-order chi connectivity index (χ1) is 8.49. The summed E-state index contributed by atoms with van der Waals surface area (Å²) >= 11 is 0. The molecule has 0 aliphatic rings. The minimum Gasteiger partial charge on any atom is -0.388 e. The Bertz CT molecular complexity index is 324. The summed E-state index contributed by atoms with van der Waals surface area (Å²) in [7, 11) is -2.60. The third-order valence-electron chi connectivity index (χ3n) is 2.76. The molecule has 0 aromatic heterocycles. The van der Waals surface area contributed by atoms with Crippen LogP contribution < -0.4 is 0 Å². The maximum absolute atomic E-state index is 12.6. The number of unbranched alkanes of at least 4 members (excludes halogenated alkanes) is 2. The predicted molar refractivity (Wildman–Crippen MR) is 89.5 cm³/mol. The van der Waals surface area contributed by atoms with Crippen LogP contribution in [0, 0.1) is 0 Å². The molecule has 0 aromatic carbocycles. The van der Waals surface area contributed by atoms with Crippen LogP contribution in [0.15, 0.2) is 10.6 Å². The molecule has 0 fully saturated rings. The van der Waals surface area contributed by atoms with Gasteiger partial charge in [0.05, 0.1) is 25.0 Å². The van der Waals surface area contributed by atoms with E-state index in [4.69, 9.17) is 0 Å². The third kappa shape index (κ3) is 8.05. The maximum Gasteiger partial charge on any atom is 0.0866 e. The summed E-state index contributed by atoms with van der Waals surface area (Å²) in [5.74, 6) is 0. The second-order valence-corrected chi connectivity index (χ2v) is 14.6. The molecule has 0 aromatic rings. The fourth-order valence-corrected chi connectivity index (χ4v) is 5.39. The molecule has 0 radical (unpaired) electrons. The summed E-state index contributed by atoms with van der Waals surface area (Å²) < 4.78 is 12.3. The van der Waals surface area contributed by atoms with Gasteiger partial charge in [-0.1, -0.05) is 51.5 Å². The Morgan fingerprint density at radius 3 is 2.16 bits per heavy atom. The largest absolute Gasteiger partial charge is 0.388 e. The highest BCUT2D eigenvalue weighted by Gasteiger charge is 2.29. The van der Waals surface area contributed by atoms with E-state index in [2.05, 4.69) is 32.3 Å². The topological polar surface area (TPSA) is 37.3 Å². The van der Waals surface area contributed by atoms with E-state index in [1.807, 2.05) is 20.8 Å². The van der Waals surface area contributed by atoms with Crippen LogP contribution in [0.5, 0.6) is 0 Å². The lowest BCUT2D eigenvalue weighted by atomic mass is 10.1. The molecule has 0 aliphatic carbocycles. The van der Waals surface area contributed by atoms with Gasteiger partial charge in [-0.15, -0.1) is 0 Å². The standard InChI is InChI=1S/C15H32O2SSi/c1-8-9-10-11-13(16)14(12-19(5,6)7)18(17)15(2,3)4/h12-13,16H,8-11H2,1-7H3/b14-12+/t13-,18-/m1/s1. The van der Waals surface area contributed by atoms with Crippen molar-refractivity contribution in [2.24, 2.45) is 0 Å². The molecule has 114 valence electrons. The van der Waals surface area contributed by atoms with Gasteiger partial charge in [0, 0.05) is 9.65 Å². The first-order valence-electron chi connectivity index (χ1n) is 7.31. The van der Waals surface area contributed by atoms with Gasteiger partial charge in [-0.25, -0.2) is 0 Å². The van der Waals surface area contributed by atoms with Gasteiger partial charge in [-0.3, -0.25) is 4.21 Å². The predicted octanol–water partition coefficient (Wildman–Crippen LogP) is 4.24. The van der Waals surface area contributed by atoms with Crippen LogP contribution in [0.1, 0.15) is 53.4 Å². The summed E-state index contributed by atoms with van der Waals surface area (Å²) in [6, 6.07) is 0. The van der Waals surface area contributed by atoms with Gasteiger partial charge in [0.1, 0.15) is 0 Å². The summed E-state index contributed by atoms with van der Waals surface area (Å²) in [5.41, 5.74) is 2.13. The number of aliphatic hydroxyl groups is 1. The van der Waals surface area contributed by atoms with Gasteiger partial charge < -0.3 is 5.11 Å². The molecule has 0 saturated carbocycles. The Labute approximate surface area is 123 Å². The zero-order chi connectivity index (χ0) is 15.3. The fraction of sp³-hybridized carbons (Fsp3) is 0.867. The minimum absolute atomic E-state index is 0.308. The van der Waals surface area contributed by atoms with Crippen molar-refractivity contribution in [3.05, 3.63) is 10.6 Å². The zero-order valence-electron chi connectivity index (χ0n) is 13.7. The van der Waals surface area contributed by atoms with Crippen LogP contribution in [0.2, 0.25) is 19.6 Å². The molecule has 4 heteroatoms. The van der Waals surface area contributed by atoms with Crippen molar-refractivity contribution in [1.82, 2.24) is 0 Å². The maximum atomic E-state index is 12.6. The number of rotatable bonds is 7. The van der Waals surface area contributed by atoms with E-state index in [0.717, 1.165) is 30.6 Å². The van der Waals surface area contributed by atoms with E-state index < -0.39 is 25.0 Å². The van der Waals surface area contributed by atoms with E-state index in [0.29, 0.717) is 0 Å². The molecule has 0 heterocycles. The average molecular weight is 305 g/mol. The quantitative estimate of drug-likeness (QED) is 0.564. The third-order valence-corrected chi connectivity index (χ3v) is 6.07. The number of hydrogen-bond donors (Lipinski definition) is 1. The van der Waals surface area contributed by atoms with Gasteiger partial charge in [0.2, 0.25) is 0 Å². The molecule has 0 bridgehead atoms. The zero-order valence-corrected chi connectivity index (χ0v) is 15.6. The van der Waals surface area contributed by atoms with Gasteiger partial charge in [0.25, 0.3) is 0 Å². The molecule has 2 nitrogen and oxygen atoms in total. The second kappa shape index (κ2) is 7.74. The molecule has 19 heavy (non-hydrogen) atoms. The molecule has 0 rings (SSSR count). The van der Waals surface area contributed by atoms with E-state index in [1.54, 1.807) is 0 Å². The normalized spacial score (nSPS) is 17.4. The van der Waals surface area contributed by atoms with Crippen molar-refractivity contribution < 1.29 is 9.32 Å². The Hall–Kier alpha value is 0.0669. The lowest BCUT2D eigenvalue weighted by Crippen LogP contribution is -2.31. The Morgan fingerprint density at radius 2 is 1.79 bits per heavy atom. The van der Waals surface area contributed by atoms with Crippen LogP contribution in [0.4, 0.5) is 0 Å². The highest BCUT2D eigenvalue weighted by molar-refractivity contribution is 7.90. The Kier molecular flexibility index (Phi) is 7.77. The molecule has 2 atom stereocenters. The molecule has 0 unspecified atom stereocenters. The van der Waals surface area contributed by atoms with Crippen LogP contribution >= 0.6 is 0 Å². The molecule has 1 N–H and O–H groups in total. The average Bonchev–Trinajstić information content (AvgIpc) is 2.22. The Balaban J connectivity index is 5.09. The first-order valence-corrected chi connectivity index (χ1v) is 12.0. The molecule has 0 saturated heterocycles. The lowest BCUT2D eigenvalue weighted by Gasteiger charge is -2.25. The van der Waals surface area contributed by atoms with Gasteiger partial charge >= 0.3 is 0 Å². The van der Waals surface area contributed by atoms with Crippen molar-refractivity contribution in [2.45, 2.75) is 83.9 Å². The van der Waals surface area contributed by atoms with Crippen molar-refractivity contribution in [1.29, 1.82) is 0 Å². The van der Waals surface area contributed by atoms with E-state index in [-0.39, 0.29) is 4.75 Å². The summed E-state index contributed by atoms with van der Waals surface area (Å²) in [4.78, 5) is 0.766. The monoisotopic (exact) mass is 304 g/mol. The highest BCUT2D eigenvalue weighted by Crippen LogP contribution is 2.26. The van der Waals surface area contributed by atoms with Crippen molar-refractivity contribution in [3.8, 4) is 0 Å². The van der Waals surface area contributed by atoms with E-state index >= 15 is 0 Å². The molecule has 0 aliphatic heterocycles. The van der Waals surface area contributed by atoms with Crippen molar-refractivity contribution >= 4 is 18.9 Å². The summed E-state index contributed by atoms with van der Waals surface area (Å²) in [6.07, 6.45) is 3.45. The molecular formula is C15H32O2SSi. The van der Waals surface area contributed by atoms with E-state index in [9.17, 15) is 9.32 Å². The van der Waals surface area contributed by atoms with Gasteiger partial charge in [0.15, 0.2) is 0 Å². The lowest BCUT2D eigenvalue weighted by molar-refractivity contribution is 0.204. The Morgan fingerprint density at radius 1 is 1.26 bits per heavy atom. The van der Waals surface area contributed by atoms with Crippen LogP contribution in [0.25, 0.3) is 0 Å². The van der Waals surface area contributed by atoms with E-state index in [1.165, 1.54) is 0 Å². The molecule has 0 spiro atoms. The fourth-order valence-electron chi connectivity index (χ4n) is 1.78. The van der Waals surface area contributed by atoms with Crippen LogP contribution in [0.3, 0.4) is 0 Å². The molecular weight excluding hydrogens is 272 g/mol. The van der Waals surface area contributed by atoms with Crippen LogP contribution in [-0.2, 0) is 10.8 Å². The van der Waals surface area contributed by atoms with Crippen molar-refractivity contribution in [2.75, 3.05) is 0 Å². The second-order valence-electron chi connectivity index (χ2n) is 7.31. The van der Waals surface area contributed by atoms with Gasteiger partial charge in [-0.05, 0) is 27.2 Å². The summed E-state index contributed by atoms with van der Waals surface area (Å²) in [6.45, 7) is 14.7. The highest BCUT2D eigenvalue weighted by atomic mass is 32.2. The smallest absolute Gasteiger partial charge is 0.0866 e. The number of aliphatic hydroxyl groups excluding tert-OH is 1.